The van der Waals surface area contributed by atoms with Gasteiger partial charge >= 0.3 is 12.1 Å². The van der Waals surface area contributed by atoms with Crippen molar-refractivity contribution in [3.8, 4) is 5.75 Å². The molecule has 3 amide bonds. The van der Waals surface area contributed by atoms with Gasteiger partial charge < -0.3 is 30.9 Å². The van der Waals surface area contributed by atoms with Gasteiger partial charge in [-0.2, -0.15) is 0 Å². The SMILES string of the molecule is C[C@H](NC(=O)[C@H](Cc1ccc(O)cc1)NC(=O)[C@H](C)NC(=O)OCc1ccccc1)C(=O)O. The third kappa shape index (κ3) is 8.52. The molecule has 0 bridgehead atoms. The number of alkyl carbamates (subject to hydrolysis) is 1. The Bertz CT molecular complexity index is 964. The van der Waals surface area contributed by atoms with E-state index in [-0.39, 0.29) is 18.8 Å². The Labute approximate surface area is 191 Å². The highest BCUT2D eigenvalue weighted by molar-refractivity contribution is 5.92. The molecule has 0 aliphatic heterocycles. The van der Waals surface area contributed by atoms with E-state index >= 15 is 0 Å². The van der Waals surface area contributed by atoms with Crippen molar-refractivity contribution >= 4 is 23.9 Å². The number of nitrogens with one attached hydrogen (secondary N) is 3. The summed E-state index contributed by atoms with van der Waals surface area (Å²) in [6, 6.07) is 11.7. The number of carbonyl (C=O) groups excluding carboxylic acids is 3. The molecular weight excluding hydrogens is 430 g/mol. The molecule has 2 rings (SSSR count). The molecule has 10 heteroatoms. The van der Waals surface area contributed by atoms with E-state index in [2.05, 4.69) is 16.0 Å². The number of carbonyl (C=O) groups is 4. The maximum Gasteiger partial charge on any atom is 0.408 e. The summed E-state index contributed by atoms with van der Waals surface area (Å²) in [5, 5.41) is 25.7. The predicted octanol–water partition coefficient (Wildman–Crippen LogP) is 1.32. The Morgan fingerprint density at radius 2 is 1.45 bits per heavy atom. The van der Waals surface area contributed by atoms with Gasteiger partial charge in [-0.05, 0) is 37.1 Å². The maximum absolute atomic E-state index is 12.6. The van der Waals surface area contributed by atoms with E-state index in [1.807, 2.05) is 6.07 Å². The lowest BCUT2D eigenvalue weighted by molar-refractivity contribution is -0.141. The zero-order valence-electron chi connectivity index (χ0n) is 18.3. The summed E-state index contributed by atoms with van der Waals surface area (Å²) in [4.78, 5) is 48.3. The highest BCUT2D eigenvalue weighted by Crippen LogP contribution is 2.12. The van der Waals surface area contributed by atoms with E-state index in [9.17, 15) is 24.3 Å². The van der Waals surface area contributed by atoms with Gasteiger partial charge in [-0.25, -0.2) is 4.79 Å². The minimum Gasteiger partial charge on any atom is -0.508 e. The summed E-state index contributed by atoms with van der Waals surface area (Å²) in [6.07, 6.45) is -0.768. The maximum atomic E-state index is 12.6. The smallest absolute Gasteiger partial charge is 0.408 e. The number of benzene rings is 2. The number of amides is 3. The van der Waals surface area contributed by atoms with Crippen LogP contribution in [0.3, 0.4) is 0 Å². The summed E-state index contributed by atoms with van der Waals surface area (Å²) in [6.45, 7) is 2.75. The number of aromatic hydroxyl groups is 1. The molecule has 0 saturated carbocycles. The second-order valence-corrected chi connectivity index (χ2v) is 7.43. The van der Waals surface area contributed by atoms with E-state index in [0.717, 1.165) is 5.56 Å². The molecule has 0 heterocycles. The normalized spacial score (nSPS) is 13.2. The summed E-state index contributed by atoms with van der Waals surface area (Å²) < 4.78 is 5.09. The fourth-order valence-electron chi connectivity index (χ4n) is 2.76. The molecule has 0 aliphatic carbocycles. The number of rotatable bonds is 10. The van der Waals surface area contributed by atoms with E-state index in [1.165, 1.54) is 26.0 Å². The molecule has 0 spiro atoms. The number of phenolic OH excluding ortho intramolecular Hbond substituents is 1. The zero-order chi connectivity index (χ0) is 24.4. The van der Waals surface area contributed by atoms with Crippen molar-refractivity contribution in [1.29, 1.82) is 0 Å². The number of hydrogen-bond acceptors (Lipinski definition) is 6. The Kier molecular flexibility index (Phi) is 9.22. The number of phenols is 1. The van der Waals surface area contributed by atoms with Crippen LogP contribution in [0.5, 0.6) is 5.75 Å². The van der Waals surface area contributed by atoms with E-state index in [1.54, 1.807) is 36.4 Å². The van der Waals surface area contributed by atoms with Crippen molar-refractivity contribution in [2.75, 3.05) is 0 Å². The molecule has 0 fully saturated rings. The lowest BCUT2D eigenvalue weighted by Gasteiger charge is -2.22. The second kappa shape index (κ2) is 12.1. The summed E-state index contributed by atoms with van der Waals surface area (Å²) in [5.74, 6) is -2.55. The van der Waals surface area contributed by atoms with Crippen molar-refractivity contribution in [1.82, 2.24) is 16.0 Å². The van der Waals surface area contributed by atoms with Crippen molar-refractivity contribution in [3.05, 3.63) is 65.7 Å². The summed E-state index contributed by atoms with van der Waals surface area (Å²) in [7, 11) is 0. The standard InChI is InChI=1S/C23H27N3O7/c1-14(25-23(32)33-13-17-6-4-3-5-7-17)20(28)26-19(21(29)24-15(2)22(30)31)12-16-8-10-18(27)11-9-16/h3-11,14-15,19,27H,12-13H2,1-2H3,(H,24,29)(H,25,32)(H,26,28)(H,30,31)/t14-,15-,19-/m0/s1. The minimum atomic E-state index is -1.23. The Balaban J connectivity index is 1.99. The lowest BCUT2D eigenvalue weighted by Crippen LogP contribution is -2.55. The summed E-state index contributed by atoms with van der Waals surface area (Å²) >= 11 is 0. The topological polar surface area (TPSA) is 154 Å². The highest BCUT2D eigenvalue weighted by Gasteiger charge is 2.27. The third-order valence-corrected chi connectivity index (χ3v) is 4.68. The second-order valence-electron chi connectivity index (χ2n) is 7.43. The van der Waals surface area contributed by atoms with Crippen LogP contribution in [0.2, 0.25) is 0 Å². The van der Waals surface area contributed by atoms with Crippen molar-refractivity contribution in [3.63, 3.8) is 0 Å². The molecule has 0 radical (unpaired) electrons. The van der Waals surface area contributed by atoms with Crippen LogP contribution in [0.4, 0.5) is 4.79 Å². The molecule has 0 saturated heterocycles. The largest absolute Gasteiger partial charge is 0.508 e. The number of ether oxygens (including phenoxy) is 1. The molecule has 0 aliphatic rings. The Morgan fingerprint density at radius 1 is 0.818 bits per heavy atom. The first-order valence-corrected chi connectivity index (χ1v) is 10.2. The molecule has 0 aromatic heterocycles. The van der Waals surface area contributed by atoms with Crippen LogP contribution in [0.25, 0.3) is 0 Å². The molecule has 5 N–H and O–H groups in total. The van der Waals surface area contributed by atoms with Gasteiger partial charge in [0.25, 0.3) is 0 Å². The van der Waals surface area contributed by atoms with Crippen molar-refractivity contribution in [2.45, 2.75) is 45.0 Å². The molecule has 2 aromatic carbocycles. The van der Waals surface area contributed by atoms with Crippen LogP contribution in [-0.2, 0) is 32.1 Å². The first-order valence-electron chi connectivity index (χ1n) is 10.2. The lowest BCUT2D eigenvalue weighted by atomic mass is 10.0. The average molecular weight is 457 g/mol. The Hall–Kier alpha value is -4.08. The van der Waals surface area contributed by atoms with Crippen LogP contribution >= 0.6 is 0 Å². The molecule has 0 unspecified atom stereocenters. The minimum absolute atomic E-state index is 0.0278. The Morgan fingerprint density at radius 3 is 2.06 bits per heavy atom. The van der Waals surface area contributed by atoms with Crippen LogP contribution in [0, 0.1) is 0 Å². The first kappa shape index (κ1) is 25.2. The number of carboxylic acids is 1. The molecule has 3 atom stereocenters. The molecule has 2 aromatic rings. The van der Waals surface area contributed by atoms with Gasteiger partial charge in [-0.1, -0.05) is 42.5 Å². The van der Waals surface area contributed by atoms with Gasteiger partial charge in [0.15, 0.2) is 0 Å². The fraction of sp³-hybridized carbons (Fsp3) is 0.304. The quantitative estimate of drug-likeness (QED) is 0.360. The van der Waals surface area contributed by atoms with E-state index in [4.69, 9.17) is 9.84 Å². The van der Waals surface area contributed by atoms with Gasteiger partial charge in [0.2, 0.25) is 11.8 Å². The first-order chi connectivity index (χ1) is 15.7. The van der Waals surface area contributed by atoms with E-state index in [0.29, 0.717) is 5.56 Å². The van der Waals surface area contributed by atoms with Gasteiger partial charge in [-0.3, -0.25) is 14.4 Å². The average Bonchev–Trinajstić information content (AvgIpc) is 2.79. The van der Waals surface area contributed by atoms with Crippen molar-refractivity contribution in [2.24, 2.45) is 0 Å². The van der Waals surface area contributed by atoms with Gasteiger partial charge in [0.05, 0.1) is 0 Å². The number of carboxylic acid groups (broad SMARTS) is 1. The predicted molar refractivity (Wildman–Crippen MR) is 118 cm³/mol. The third-order valence-electron chi connectivity index (χ3n) is 4.68. The number of aliphatic carboxylic acids is 1. The molecular formula is C23H27N3O7. The molecule has 33 heavy (non-hydrogen) atoms. The van der Waals surface area contributed by atoms with E-state index < -0.39 is 42.0 Å². The van der Waals surface area contributed by atoms with Gasteiger partial charge in [0, 0.05) is 6.42 Å². The van der Waals surface area contributed by atoms with Crippen LogP contribution in [-0.4, -0.2) is 52.2 Å². The van der Waals surface area contributed by atoms with Crippen LogP contribution in [0.1, 0.15) is 25.0 Å². The highest BCUT2D eigenvalue weighted by atomic mass is 16.5. The van der Waals surface area contributed by atoms with Gasteiger partial charge in [0.1, 0.15) is 30.5 Å². The molecule has 10 nitrogen and oxygen atoms in total. The fourth-order valence-corrected chi connectivity index (χ4v) is 2.76. The van der Waals surface area contributed by atoms with Crippen molar-refractivity contribution < 1.29 is 34.1 Å². The molecule has 176 valence electrons. The monoisotopic (exact) mass is 457 g/mol. The number of hydrogen-bond donors (Lipinski definition) is 5. The van der Waals surface area contributed by atoms with Crippen LogP contribution in [0.15, 0.2) is 54.6 Å². The summed E-state index contributed by atoms with van der Waals surface area (Å²) in [5.41, 5.74) is 1.40. The zero-order valence-corrected chi connectivity index (χ0v) is 18.3. The van der Waals surface area contributed by atoms with Crippen LogP contribution < -0.4 is 16.0 Å². The van der Waals surface area contributed by atoms with Gasteiger partial charge in [-0.15, -0.1) is 0 Å².